The molecule has 1 N–H and O–H groups in total. The summed E-state index contributed by atoms with van der Waals surface area (Å²) >= 11 is 3.08. The zero-order chi connectivity index (χ0) is 14.4. The van der Waals surface area contributed by atoms with Crippen molar-refractivity contribution in [2.75, 3.05) is 10.6 Å². The van der Waals surface area contributed by atoms with Crippen LogP contribution in [0, 0.1) is 5.82 Å². The topological polar surface area (TPSA) is 38.3 Å². The first-order chi connectivity index (χ1) is 9.67. The molecule has 0 aromatic heterocycles. The van der Waals surface area contributed by atoms with Gasteiger partial charge in [0, 0.05) is 5.69 Å². The number of ether oxygens (including phenoxy) is 1. The predicted molar refractivity (Wildman–Crippen MR) is 79.6 cm³/mol. The van der Waals surface area contributed by atoms with Crippen LogP contribution in [0.15, 0.2) is 48.5 Å². The quantitative estimate of drug-likeness (QED) is 0.844. The summed E-state index contributed by atoms with van der Waals surface area (Å²) in [6.45, 7) is 0.387. The first-order valence-electron chi connectivity index (χ1n) is 6.00. The second kappa shape index (κ2) is 7.05. The van der Waals surface area contributed by atoms with E-state index < -0.39 is 0 Å². The van der Waals surface area contributed by atoms with Crippen molar-refractivity contribution in [3.05, 3.63) is 59.9 Å². The van der Waals surface area contributed by atoms with E-state index in [0.717, 1.165) is 11.3 Å². The van der Waals surface area contributed by atoms with Crippen molar-refractivity contribution in [2.45, 2.75) is 6.61 Å². The Morgan fingerprint density at radius 1 is 1.10 bits per heavy atom. The monoisotopic (exact) mass is 337 g/mol. The lowest BCUT2D eigenvalue weighted by atomic mass is 10.2. The Labute approximate surface area is 124 Å². The number of rotatable bonds is 5. The van der Waals surface area contributed by atoms with Crippen LogP contribution in [0.4, 0.5) is 10.1 Å². The van der Waals surface area contributed by atoms with E-state index in [1.165, 1.54) is 12.1 Å². The van der Waals surface area contributed by atoms with Crippen molar-refractivity contribution in [3.63, 3.8) is 0 Å². The summed E-state index contributed by atoms with van der Waals surface area (Å²) in [7, 11) is 0. The third-order valence-corrected chi connectivity index (χ3v) is 3.09. The molecule has 1 amide bonds. The highest BCUT2D eigenvalue weighted by atomic mass is 79.9. The third kappa shape index (κ3) is 4.35. The smallest absolute Gasteiger partial charge is 0.235 e. The van der Waals surface area contributed by atoms with Gasteiger partial charge in [0.15, 0.2) is 0 Å². The molecule has 2 rings (SSSR count). The van der Waals surface area contributed by atoms with Gasteiger partial charge in [-0.05, 0) is 42.0 Å². The van der Waals surface area contributed by atoms with Gasteiger partial charge in [-0.3, -0.25) is 4.79 Å². The number of carbonyl (C=O) groups is 1. The predicted octanol–water partition coefficient (Wildman–Crippen LogP) is 3.74. The largest absolute Gasteiger partial charge is 0.489 e. The summed E-state index contributed by atoms with van der Waals surface area (Å²) in [5, 5.41) is 3.00. The maximum Gasteiger partial charge on any atom is 0.235 e. The summed E-state index contributed by atoms with van der Waals surface area (Å²) in [5.41, 5.74) is 1.70. The van der Waals surface area contributed by atoms with E-state index >= 15 is 0 Å². The van der Waals surface area contributed by atoms with Crippen molar-refractivity contribution in [2.24, 2.45) is 0 Å². The molecule has 0 fully saturated rings. The van der Waals surface area contributed by atoms with Crippen LogP contribution in [0.1, 0.15) is 5.56 Å². The molecule has 0 bridgehead atoms. The molecule has 0 aliphatic carbocycles. The zero-order valence-corrected chi connectivity index (χ0v) is 12.2. The summed E-state index contributed by atoms with van der Waals surface area (Å²) in [6, 6.07) is 13.2. The number of nitrogens with one attached hydrogen (secondary N) is 1. The van der Waals surface area contributed by atoms with Crippen molar-refractivity contribution in [1.82, 2.24) is 0 Å². The Balaban J connectivity index is 1.90. The van der Waals surface area contributed by atoms with Crippen LogP contribution in [0.5, 0.6) is 5.75 Å². The van der Waals surface area contributed by atoms with Gasteiger partial charge in [-0.2, -0.15) is 0 Å². The highest BCUT2D eigenvalue weighted by molar-refractivity contribution is 9.09. The Morgan fingerprint density at radius 2 is 1.75 bits per heavy atom. The molecule has 0 unspecified atom stereocenters. The van der Waals surface area contributed by atoms with Crippen molar-refractivity contribution in [3.8, 4) is 5.75 Å². The number of benzene rings is 2. The van der Waals surface area contributed by atoms with Crippen LogP contribution < -0.4 is 10.1 Å². The Morgan fingerprint density at radius 3 is 2.35 bits per heavy atom. The van der Waals surface area contributed by atoms with E-state index in [9.17, 15) is 9.18 Å². The highest BCUT2D eigenvalue weighted by Gasteiger charge is 2.00. The molecule has 0 aliphatic rings. The first kappa shape index (κ1) is 14.5. The van der Waals surface area contributed by atoms with Crippen LogP contribution in [-0.2, 0) is 11.4 Å². The van der Waals surface area contributed by atoms with Gasteiger partial charge in [-0.25, -0.2) is 4.39 Å². The summed E-state index contributed by atoms with van der Waals surface area (Å²) in [4.78, 5) is 11.2. The maximum atomic E-state index is 12.7. The van der Waals surface area contributed by atoms with Gasteiger partial charge < -0.3 is 10.1 Å². The second-order valence-electron chi connectivity index (χ2n) is 4.12. The average molecular weight is 338 g/mol. The molecule has 5 heteroatoms. The minimum Gasteiger partial charge on any atom is -0.489 e. The van der Waals surface area contributed by atoms with E-state index in [1.54, 1.807) is 12.1 Å². The number of hydrogen-bond donors (Lipinski definition) is 1. The molecule has 20 heavy (non-hydrogen) atoms. The molecule has 0 saturated carbocycles. The Kier molecular flexibility index (Phi) is 5.12. The Bertz CT molecular complexity index is 569. The van der Waals surface area contributed by atoms with Gasteiger partial charge in [-0.15, -0.1) is 0 Å². The van der Waals surface area contributed by atoms with E-state index in [0.29, 0.717) is 12.4 Å². The fraction of sp³-hybridized carbons (Fsp3) is 0.133. The highest BCUT2D eigenvalue weighted by Crippen LogP contribution is 2.15. The average Bonchev–Trinajstić information content (AvgIpc) is 2.48. The summed E-state index contributed by atoms with van der Waals surface area (Å²) in [6.07, 6.45) is 0. The number of halogens is 2. The van der Waals surface area contributed by atoms with Gasteiger partial charge in [0.1, 0.15) is 18.2 Å². The van der Waals surface area contributed by atoms with Crippen molar-refractivity contribution >= 4 is 27.5 Å². The molecule has 0 spiro atoms. The van der Waals surface area contributed by atoms with E-state index in [-0.39, 0.29) is 17.1 Å². The Hall–Kier alpha value is -1.88. The van der Waals surface area contributed by atoms with Gasteiger partial charge in [-0.1, -0.05) is 28.1 Å². The van der Waals surface area contributed by atoms with Crippen molar-refractivity contribution < 1.29 is 13.9 Å². The molecule has 0 saturated heterocycles. The van der Waals surface area contributed by atoms with Crippen LogP contribution in [0.2, 0.25) is 0 Å². The van der Waals surface area contributed by atoms with Gasteiger partial charge in [0.05, 0.1) is 5.33 Å². The van der Waals surface area contributed by atoms with Gasteiger partial charge in [0.25, 0.3) is 0 Å². The normalized spacial score (nSPS) is 10.1. The molecule has 3 nitrogen and oxygen atoms in total. The molecule has 2 aromatic rings. The molecule has 0 radical (unpaired) electrons. The SMILES string of the molecule is O=C(CBr)Nc1ccc(COc2ccc(F)cc2)cc1. The standard InChI is InChI=1S/C15H13BrFNO2/c16-9-15(19)18-13-5-1-11(2-6-13)10-20-14-7-3-12(17)4-8-14/h1-8H,9-10H2,(H,18,19). The molecule has 0 atom stereocenters. The lowest BCUT2D eigenvalue weighted by Gasteiger charge is -2.07. The number of hydrogen-bond acceptors (Lipinski definition) is 2. The molecule has 2 aromatic carbocycles. The van der Waals surface area contributed by atoms with E-state index in [2.05, 4.69) is 21.2 Å². The lowest BCUT2D eigenvalue weighted by Crippen LogP contribution is -2.12. The van der Waals surface area contributed by atoms with Crippen LogP contribution in [0.3, 0.4) is 0 Å². The number of alkyl halides is 1. The van der Waals surface area contributed by atoms with E-state index in [4.69, 9.17) is 4.74 Å². The minimum atomic E-state index is -0.288. The van der Waals surface area contributed by atoms with Crippen LogP contribution in [-0.4, -0.2) is 11.2 Å². The summed E-state index contributed by atoms with van der Waals surface area (Å²) in [5.74, 6) is 0.229. The van der Waals surface area contributed by atoms with Crippen LogP contribution >= 0.6 is 15.9 Å². The van der Waals surface area contributed by atoms with Gasteiger partial charge >= 0.3 is 0 Å². The first-order valence-corrected chi connectivity index (χ1v) is 7.12. The maximum absolute atomic E-state index is 12.7. The zero-order valence-electron chi connectivity index (χ0n) is 10.6. The van der Waals surface area contributed by atoms with Crippen molar-refractivity contribution in [1.29, 1.82) is 0 Å². The lowest BCUT2D eigenvalue weighted by molar-refractivity contribution is -0.113. The fourth-order valence-corrected chi connectivity index (χ4v) is 1.72. The molecular formula is C15H13BrFNO2. The van der Waals surface area contributed by atoms with Crippen LogP contribution in [0.25, 0.3) is 0 Å². The summed E-state index contributed by atoms with van der Waals surface area (Å²) < 4.78 is 18.3. The number of amides is 1. The second-order valence-corrected chi connectivity index (χ2v) is 4.68. The molecular weight excluding hydrogens is 325 g/mol. The molecule has 0 heterocycles. The molecule has 0 aliphatic heterocycles. The number of carbonyl (C=O) groups excluding carboxylic acids is 1. The van der Waals surface area contributed by atoms with E-state index in [1.807, 2.05) is 24.3 Å². The fourth-order valence-electron chi connectivity index (χ4n) is 1.58. The minimum absolute atomic E-state index is 0.0969. The number of anilines is 1. The third-order valence-electron chi connectivity index (χ3n) is 2.58. The molecule has 104 valence electrons. The van der Waals surface area contributed by atoms with Gasteiger partial charge in [0.2, 0.25) is 5.91 Å².